The molecule has 0 aromatic carbocycles. The Morgan fingerprint density at radius 3 is 3.21 bits per heavy atom. The molecule has 0 fully saturated rings. The summed E-state index contributed by atoms with van der Waals surface area (Å²) in [7, 11) is 0. The predicted molar refractivity (Wildman–Crippen MR) is 53.3 cm³/mol. The van der Waals surface area contributed by atoms with E-state index in [1.165, 1.54) is 6.07 Å². The molecule has 1 aliphatic carbocycles. The maximum Gasteiger partial charge on any atom is 0.206 e. The molecule has 2 aliphatic heterocycles. The summed E-state index contributed by atoms with van der Waals surface area (Å²) in [5.74, 6) is 0.808. The smallest absolute Gasteiger partial charge is 0.206 e. The van der Waals surface area contributed by atoms with E-state index in [4.69, 9.17) is 0 Å². The highest BCUT2D eigenvalue weighted by Gasteiger charge is 2.15. The zero-order chi connectivity index (χ0) is 9.54. The van der Waals surface area contributed by atoms with E-state index in [0.717, 1.165) is 18.1 Å². The highest BCUT2D eigenvalue weighted by atomic mass is 16.1. The lowest BCUT2D eigenvalue weighted by molar-refractivity contribution is 0.879. The van der Waals surface area contributed by atoms with Gasteiger partial charge in [0.15, 0.2) is 5.82 Å². The van der Waals surface area contributed by atoms with Crippen LogP contribution in [0.1, 0.15) is 0 Å². The largest absolute Gasteiger partial charge is 0.318 e. The van der Waals surface area contributed by atoms with Gasteiger partial charge in [0.2, 0.25) is 5.43 Å². The van der Waals surface area contributed by atoms with Gasteiger partial charge in [-0.05, 0) is 12.1 Å². The van der Waals surface area contributed by atoms with E-state index in [-0.39, 0.29) is 5.43 Å². The summed E-state index contributed by atoms with van der Waals surface area (Å²) < 4.78 is 1.98. The predicted octanol–water partition coefficient (Wildman–Crippen LogP) is 1.06. The summed E-state index contributed by atoms with van der Waals surface area (Å²) in [5, 5.41) is 0. The fraction of sp³-hybridized carbons (Fsp3) is 0.100. The van der Waals surface area contributed by atoms with Crippen molar-refractivity contribution in [1.29, 1.82) is 0 Å². The zero-order valence-corrected chi connectivity index (χ0v) is 7.34. The minimum Gasteiger partial charge on any atom is -0.318 e. The van der Waals surface area contributed by atoms with Gasteiger partial charge in [0.05, 0.1) is 18.4 Å². The highest BCUT2D eigenvalue weighted by Crippen LogP contribution is 2.24. The van der Waals surface area contributed by atoms with Crippen LogP contribution in [0.25, 0.3) is 11.4 Å². The zero-order valence-electron chi connectivity index (χ0n) is 7.34. The summed E-state index contributed by atoms with van der Waals surface area (Å²) >= 11 is 0. The Bertz CT molecular complexity index is 556. The van der Waals surface area contributed by atoms with E-state index in [2.05, 4.69) is 9.98 Å². The molecular formula is C10H7N3O. The van der Waals surface area contributed by atoms with E-state index in [0.29, 0.717) is 5.69 Å². The molecule has 2 heterocycles. The second kappa shape index (κ2) is 2.51. The van der Waals surface area contributed by atoms with Crippen molar-refractivity contribution in [2.45, 2.75) is 6.54 Å². The van der Waals surface area contributed by atoms with Crippen LogP contribution in [0.4, 0.5) is 5.82 Å². The van der Waals surface area contributed by atoms with Gasteiger partial charge in [0.1, 0.15) is 5.69 Å². The number of aromatic nitrogens is 2. The molecule has 0 saturated heterocycles. The molecule has 14 heavy (non-hydrogen) atoms. The molecule has 0 saturated carbocycles. The summed E-state index contributed by atoms with van der Waals surface area (Å²) in [5.41, 5.74) is 1.33. The molecule has 0 radical (unpaired) electrons. The summed E-state index contributed by atoms with van der Waals surface area (Å²) in [6, 6.07) is 5.16. The summed E-state index contributed by atoms with van der Waals surface area (Å²) in [6.07, 6.45) is 3.45. The highest BCUT2D eigenvalue weighted by molar-refractivity contribution is 5.71. The van der Waals surface area contributed by atoms with Gasteiger partial charge >= 0.3 is 0 Å². The molecule has 0 amide bonds. The van der Waals surface area contributed by atoms with Gasteiger partial charge in [-0.2, -0.15) is 0 Å². The van der Waals surface area contributed by atoms with Crippen molar-refractivity contribution in [1.82, 2.24) is 9.55 Å². The number of fused-ring (bicyclic) bond motifs is 3. The van der Waals surface area contributed by atoms with E-state index >= 15 is 0 Å². The number of hydrogen-bond donors (Lipinski definition) is 0. The molecule has 4 nitrogen and oxygen atoms in total. The third-order valence-corrected chi connectivity index (χ3v) is 2.34. The number of benzene rings is 1. The Hall–Kier alpha value is -1.97. The molecule has 0 atom stereocenters. The van der Waals surface area contributed by atoms with Crippen molar-refractivity contribution in [2.24, 2.45) is 4.99 Å². The minimum absolute atomic E-state index is 0.0373. The molecule has 3 aliphatic rings. The molecule has 4 heteroatoms. The molecule has 0 unspecified atom stereocenters. The van der Waals surface area contributed by atoms with Crippen molar-refractivity contribution in [3.63, 3.8) is 0 Å². The van der Waals surface area contributed by atoms with Crippen LogP contribution in [0, 0.1) is 0 Å². The first kappa shape index (κ1) is 7.44. The van der Waals surface area contributed by atoms with Crippen LogP contribution in [0.15, 0.2) is 34.2 Å². The van der Waals surface area contributed by atoms with Crippen LogP contribution in [-0.2, 0) is 6.54 Å². The number of para-hydroxylation sites is 1. The van der Waals surface area contributed by atoms with E-state index in [1.807, 2.05) is 16.8 Å². The molecule has 0 N–H and O–H groups in total. The molecule has 0 bridgehead atoms. The summed E-state index contributed by atoms with van der Waals surface area (Å²) in [4.78, 5) is 19.7. The molecule has 0 spiro atoms. The maximum absolute atomic E-state index is 11.5. The molecule has 0 aromatic heterocycles. The normalized spacial score (nSPS) is 13.4. The average molecular weight is 185 g/mol. The van der Waals surface area contributed by atoms with Crippen LogP contribution < -0.4 is 5.43 Å². The van der Waals surface area contributed by atoms with Crippen molar-refractivity contribution < 1.29 is 0 Å². The van der Waals surface area contributed by atoms with Crippen LogP contribution in [0.3, 0.4) is 0 Å². The van der Waals surface area contributed by atoms with E-state index < -0.39 is 0 Å². The van der Waals surface area contributed by atoms with Gasteiger partial charge in [0.25, 0.3) is 0 Å². The number of nitrogens with zero attached hydrogens (tertiary/aromatic N) is 3. The van der Waals surface area contributed by atoms with Gasteiger partial charge in [-0.25, -0.2) is 9.98 Å². The first-order valence-corrected chi connectivity index (χ1v) is 4.37. The van der Waals surface area contributed by atoms with Crippen molar-refractivity contribution in [3.8, 4) is 11.4 Å². The minimum atomic E-state index is -0.0373. The second-order valence-corrected chi connectivity index (χ2v) is 3.16. The third kappa shape index (κ3) is 0.849. The Kier molecular flexibility index (Phi) is 1.33. The Morgan fingerprint density at radius 2 is 2.29 bits per heavy atom. The molecule has 68 valence electrons. The number of aliphatic imine (C=N–C) groups is 1. The van der Waals surface area contributed by atoms with Gasteiger partial charge < -0.3 is 4.57 Å². The van der Waals surface area contributed by atoms with Crippen molar-refractivity contribution in [3.05, 3.63) is 34.6 Å². The number of rotatable bonds is 0. The fourth-order valence-corrected chi connectivity index (χ4v) is 1.68. The van der Waals surface area contributed by atoms with Crippen LogP contribution in [0.5, 0.6) is 0 Å². The Morgan fingerprint density at radius 1 is 1.36 bits per heavy atom. The Labute approximate surface area is 79.9 Å². The van der Waals surface area contributed by atoms with Crippen LogP contribution in [0.2, 0.25) is 0 Å². The van der Waals surface area contributed by atoms with Crippen LogP contribution >= 0.6 is 0 Å². The SMILES string of the molecule is O=c1cccc2n3c(cnc1-2)N=CC3. The lowest BCUT2D eigenvalue weighted by Crippen LogP contribution is -2.11. The Balaban J connectivity index is 2.45. The monoisotopic (exact) mass is 185 g/mol. The lowest BCUT2D eigenvalue weighted by atomic mass is 10.2. The molecular weight excluding hydrogens is 178 g/mol. The first-order chi connectivity index (χ1) is 6.86. The fourth-order valence-electron chi connectivity index (χ4n) is 1.68. The van der Waals surface area contributed by atoms with Crippen molar-refractivity contribution in [2.75, 3.05) is 0 Å². The maximum atomic E-state index is 11.5. The van der Waals surface area contributed by atoms with Crippen LogP contribution in [-0.4, -0.2) is 15.8 Å². The molecule has 3 rings (SSSR count). The van der Waals surface area contributed by atoms with E-state index in [1.54, 1.807) is 12.3 Å². The second-order valence-electron chi connectivity index (χ2n) is 3.16. The average Bonchev–Trinajstić information content (AvgIpc) is 2.66. The van der Waals surface area contributed by atoms with E-state index in [9.17, 15) is 4.79 Å². The van der Waals surface area contributed by atoms with Gasteiger partial charge in [-0.3, -0.25) is 4.79 Å². The topological polar surface area (TPSA) is 47.2 Å². The number of hydrogen-bond acceptors (Lipinski definition) is 3. The third-order valence-electron chi connectivity index (χ3n) is 2.34. The van der Waals surface area contributed by atoms with Crippen molar-refractivity contribution >= 4 is 12.0 Å². The molecule has 0 aromatic rings. The standard InChI is InChI=1S/C10H7N3O/c14-8-3-1-2-7-10(8)12-6-9-11-4-5-13(7)9/h1-4,6H,5H2. The van der Waals surface area contributed by atoms with Gasteiger partial charge in [-0.1, -0.05) is 6.07 Å². The summed E-state index contributed by atoms with van der Waals surface area (Å²) in [6.45, 7) is 0.720. The van der Waals surface area contributed by atoms with Gasteiger partial charge in [0, 0.05) is 6.21 Å². The van der Waals surface area contributed by atoms with Gasteiger partial charge in [-0.15, -0.1) is 0 Å². The quantitative estimate of drug-likeness (QED) is 0.616. The lowest BCUT2D eigenvalue weighted by Gasteiger charge is -2.10. The first-order valence-electron chi connectivity index (χ1n) is 4.37.